The summed E-state index contributed by atoms with van der Waals surface area (Å²) >= 11 is 0. The normalized spacial score (nSPS) is 16.3. The molecule has 0 bridgehead atoms. The SMILES string of the molecule is CCOC1(CC(NC(=O)N(CC)C(C)c2cccc(-c3cn4ccnc4c(OC)n3)c2)C(F)(F)F)CC1. The molecule has 1 fully saturated rings. The maximum absolute atomic E-state index is 13.8. The summed E-state index contributed by atoms with van der Waals surface area (Å²) in [4.78, 5) is 23.3. The first kappa shape index (κ1) is 26.7. The molecule has 0 aliphatic heterocycles. The lowest BCUT2D eigenvalue weighted by atomic mass is 10.0. The van der Waals surface area contributed by atoms with Gasteiger partial charge in [0.1, 0.15) is 6.04 Å². The number of urea groups is 1. The Morgan fingerprint density at radius 1 is 1.30 bits per heavy atom. The van der Waals surface area contributed by atoms with Crippen molar-refractivity contribution in [3.63, 3.8) is 0 Å². The first-order valence-electron chi connectivity index (χ1n) is 12.4. The topological polar surface area (TPSA) is 81.0 Å². The fourth-order valence-electron chi connectivity index (χ4n) is 4.62. The van der Waals surface area contributed by atoms with Gasteiger partial charge in [0, 0.05) is 43.7 Å². The maximum atomic E-state index is 13.8. The fraction of sp³-hybridized carbons (Fsp3) is 0.500. The van der Waals surface area contributed by atoms with E-state index in [4.69, 9.17) is 9.47 Å². The van der Waals surface area contributed by atoms with Crippen LogP contribution >= 0.6 is 0 Å². The molecule has 1 aromatic carbocycles. The first-order chi connectivity index (χ1) is 17.6. The van der Waals surface area contributed by atoms with Crippen LogP contribution in [0.5, 0.6) is 5.88 Å². The molecule has 0 radical (unpaired) electrons. The number of aromatic nitrogens is 3. The molecule has 11 heteroatoms. The fourth-order valence-corrected chi connectivity index (χ4v) is 4.62. The molecule has 2 aromatic heterocycles. The van der Waals surface area contributed by atoms with Gasteiger partial charge in [-0.25, -0.2) is 14.8 Å². The molecular formula is C26H32F3N5O3. The van der Waals surface area contributed by atoms with E-state index in [0.717, 1.165) is 11.1 Å². The summed E-state index contributed by atoms with van der Waals surface area (Å²) in [6.45, 7) is 5.85. The molecular weight excluding hydrogens is 487 g/mol. The number of carbonyl (C=O) groups excluding carboxylic acids is 1. The highest BCUT2D eigenvalue weighted by molar-refractivity contribution is 5.75. The average molecular weight is 520 g/mol. The zero-order valence-electron chi connectivity index (χ0n) is 21.4. The molecule has 2 amide bonds. The highest BCUT2D eigenvalue weighted by atomic mass is 19.4. The van der Waals surface area contributed by atoms with Crippen LogP contribution in [0.2, 0.25) is 0 Å². The van der Waals surface area contributed by atoms with E-state index in [1.165, 1.54) is 12.0 Å². The highest BCUT2D eigenvalue weighted by Gasteiger charge is 2.52. The summed E-state index contributed by atoms with van der Waals surface area (Å²) in [7, 11) is 1.52. The van der Waals surface area contributed by atoms with Gasteiger partial charge in [-0.3, -0.25) is 0 Å². The number of nitrogens with zero attached hydrogens (tertiary/aromatic N) is 4. The molecule has 2 atom stereocenters. The van der Waals surface area contributed by atoms with Crippen molar-refractivity contribution in [3.05, 3.63) is 48.4 Å². The molecule has 0 saturated heterocycles. The number of ether oxygens (including phenoxy) is 2. The zero-order valence-corrected chi connectivity index (χ0v) is 21.4. The van der Waals surface area contributed by atoms with Crippen LogP contribution in [0.3, 0.4) is 0 Å². The molecule has 1 aliphatic rings. The summed E-state index contributed by atoms with van der Waals surface area (Å²) in [6, 6.07) is 4.18. The predicted molar refractivity (Wildman–Crippen MR) is 132 cm³/mol. The van der Waals surface area contributed by atoms with E-state index < -0.39 is 29.9 Å². The minimum atomic E-state index is -4.58. The van der Waals surface area contributed by atoms with Crippen molar-refractivity contribution in [2.24, 2.45) is 0 Å². The van der Waals surface area contributed by atoms with Gasteiger partial charge in [-0.15, -0.1) is 0 Å². The number of alkyl halides is 3. The molecule has 3 aromatic rings. The number of benzene rings is 1. The molecule has 1 N–H and O–H groups in total. The lowest BCUT2D eigenvalue weighted by Gasteiger charge is -2.32. The van der Waals surface area contributed by atoms with E-state index >= 15 is 0 Å². The Labute approximate surface area is 213 Å². The number of imidazole rings is 1. The third kappa shape index (κ3) is 5.82. The number of halogens is 3. The van der Waals surface area contributed by atoms with Crippen molar-refractivity contribution >= 4 is 11.7 Å². The Balaban J connectivity index is 1.55. The van der Waals surface area contributed by atoms with Gasteiger partial charge in [-0.05, 0) is 45.2 Å². The minimum Gasteiger partial charge on any atom is -0.478 e. The van der Waals surface area contributed by atoms with E-state index in [2.05, 4.69) is 15.3 Å². The van der Waals surface area contributed by atoms with Gasteiger partial charge in [0.25, 0.3) is 5.88 Å². The number of rotatable bonds is 10. The molecule has 4 rings (SSSR count). The summed E-state index contributed by atoms with van der Waals surface area (Å²) < 4.78 is 54.3. The molecule has 1 aliphatic carbocycles. The van der Waals surface area contributed by atoms with E-state index in [1.807, 2.05) is 30.5 Å². The molecule has 2 heterocycles. The van der Waals surface area contributed by atoms with E-state index in [9.17, 15) is 18.0 Å². The highest BCUT2D eigenvalue weighted by Crippen LogP contribution is 2.45. The van der Waals surface area contributed by atoms with Crippen molar-refractivity contribution < 1.29 is 27.4 Å². The van der Waals surface area contributed by atoms with Gasteiger partial charge in [-0.1, -0.05) is 18.2 Å². The second kappa shape index (κ2) is 10.6. The standard InChI is InChI=1S/C26H32F3N5O3/c1-5-34(24(35)32-21(26(27,28)29)15-25(10-11-25)37-6-2)17(3)18-8-7-9-19(14-18)20-16-33-13-12-30-22(33)23(31-20)36-4/h7-9,12-14,16-17,21H,5-6,10-11,15H2,1-4H3,(H,32,35). The van der Waals surface area contributed by atoms with Gasteiger partial charge >= 0.3 is 12.2 Å². The smallest absolute Gasteiger partial charge is 0.408 e. The van der Waals surface area contributed by atoms with Crippen LogP contribution < -0.4 is 10.1 Å². The van der Waals surface area contributed by atoms with E-state index in [-0.39, 0.29) is 13.0 Å². The third-order valence-electron chi connectivity index (χ3n) is 6.80. The maximum Gasteiger partial charge on any atom is 0.408 e. The Kier molecular flexibility index (Phi) is 7.63. The quantitative estimate of drug-likeness (QED) is 0.389. The van der Waals surface area contributed by atoms with Crippen LogP contribution in [0.25, 0.3) is 16.9 Å². The summed E-state index contributed by atoms with van der Waals surface area (Å²) in [5, 5.41) is 2.23. The minimum absolute atomic E-state index is 0.228. The van der Waals surface area contributed by atoms with Crippen LogP contribution in [-0.2, 0) is 4.74 Å². The number of hydrogen-bond acceptors (Lipinski definition) is 5. The van der Waals surface area contributed by atoms with Crippen molar-refractivity contribution in [1.82, 2.24) is 24.6 Å². The molecule has 37 heavy (non-hydrogen) atoms. The van der Waals surface area contributed by atoms with Crippen molar-refractivity contribution in [3.8, 4) is 17.1 Å². The second-order valence-electron chi connectivity index (χ2n) is 9.24. The van der Waals surface area contributed by atoms with Crippen molar-refractivity contribution in [2.45, 2.75) is 63.9 Å². The van der Waals surface area contributed by atoms with Crippen LogP contribution in [0, 0.1) is 0 Å². The largest absolute Gasteiger partial charge is 0.478 e. The zero-order chi connectivity index (χ0) is 26.8. The Hall–Kier alpha value is -3.34. The second-order valence-corrected chi connectivity index (χ2v) is 9.24. The molecule has 8 nitrogen and oxygen atoms in total. The third-order valence-corrected chi connectivity index (χ3v) is 6.80. The molecule has 0 spiro atoms. The van der Waals surface area contributed by atoms with Crippen LogP contribution in [-0.4, -0.2) is 63.4 Å². The number of nitrogens with one attached hydrogen (secondary N) is 1. The van der Waals surface area contributed by atoms with E-state index in [1.54, 1.807) is 37.6 Å². The van der Waals surface area contributed by atoms with Gasteiger partial charge in [-0.2, -0.15) is 13.2 Å². The number of methoxy groups -OCH3 is 1. The van der Waals surface area contributed by atoms with Gasteiger partial charge < -0.3 is 24.1 Å². The summed E-state index contributed by atoms with van der Waals surface area (Å²) in [5.74, 6) is 0.370. The predicted octanol–water partition coefficient (Wildman–Crippen LogP) is 5.39. The number of amides is 2. The lowest BCUT2D eigenvalue weighted by molar-refractivity contribution is -0.163. The Morgan fingerprint density at radius 3 is 2.68 bits per heavy atom. The number of hydrogen-bond donors (Lipinski definition) is 1. The van der Waals surface area contributed by atoms with Gasteiger partial charge in [0.15, 0.2) is 5.65 Å². The van der Waals surface area contributed by atoms with Crippen LogP contribution in [0.1, 0.15) is 51.6 Å². The van der Waals surface area contributed by atoms with E-state index in [0.29, 0.717) is 36.7 Å². The number of carbonyl (C=O) groups is 1. The number of fused-ring (bicyclic) bond motifs is 1. The lowest BCUT2D eigenvalue weighted by Crippen LogP contribution is -2.52. The Morgan fingerprint density at radius 2 is 2.05 bits per heavy atom. The van der Waals surface area contributed by atoms with Crippen molar-refractivity contribution in [1.29, 1.82) is 0 Å². The van der Waals surface area contributed by atoms with Gasteiger partial charge in [0.2, 0.25) is 0 Å². The summed E-state index contributed by atoms with van der Waals surface area (Å²) in [5.41, 5.74) is 1.95. The molecule has 200 valence electrons. The monoisotopic (exact) mass is 519 g/mol. The summed E-state index contributed by atoms with van der Waals surface area (Å²) in [6.07, 6.45) is 1.50. The van der Waals surface area contributed by atoms with Crippen molar-refractivity contribution in [2.75, 3.05) is 20.3 Å². The Bertz CT molecular complexity index is 1240. The van der Waals surface area contributed by atoms with Crippen LogP contribution in [0.15, 0.2) is 42.9 Å². The molecule has 2 unspecified atom stereocenters. The van der Waals surface area contributed by atoms with Crippen LogP contribution in [0.4, 0.5) is 18.0 Å². The molecule has 1 saturated carbocycles. The average Bonchev–Trinajstić information content (AvgIpc) is 3.45. The van der Waals surface area contributed by atoms with Gasteiger partial charge in [0.05, 0.1) is 24.4 Å². The first-order valence-corrected chi connectivity index (χ1v) is 12.4.